The number of benzene rings is 2. The molecular formula is C24H26N2O3. The number of nitrogens with one attached hydrogen (secondary N) is 1. The largest absolute Gasteiger partial charge is 0.463 e. The van der Waals surface area contributed by atoms with Crippen molar-refractivity contribution in [1.82, 2.24) is 0 Å². The molecule has 2 aromatic carbocycles. The molecule has 29 heavy (non-hydrogen) atoms. The maximum Gasteiger partial charge on any atom is 0.248 e. The van der Waals surface area contributed by atoms with Crippen LogP contribution in [0.1, 0.15) is 30.5 Å². The first-order valence-corrected chi connectivity index (χ1v) is 9.79. The molecule has 0 aliphatic rings. The second-order valence-electron chi connectivity index (χ2n) is 7.01. The van der Waals surface area contributed by atoms with Gasteiger partial charge < -0.3 is 14.6 Å². The highest BCUT2D eigenvalue weighted by Gasteiger charge is 2.08. The summed E-state index contributed by atoms with van der Waals surface area (Å²) >= 11 is 0. The zero-order valence-electron chi connectivity index (χ0n) is 17.3. The molecule has 0 saturated heterocycles. The third-order valence-corrected chi connectivity index (χ3v) is 4.97. The normalized spacial score (nSPS) is 11.2. The molecule has 0 radical (unpaired) electrons. The molecule has 1 N–H and O–H groups in total. The van der Waals surface area contributed by atoms with Gasteiger partial charge in [0.05, 0.1) is 10.9 Å². The number of hydrogen-bond acceptors (Lipinski definition) is 4. The molecule has 0 aliphatic carbocycles. The summed E-state index contributed by atoms with van der Waals surface area (Å²) in [5.41, 5.74) is 4.56. The molecule has 5 heteroatoms. The highest BCUT2D eigenvalue weighted by molar-refractivity contribution is 6.02. The topological polar surface area (TPSA) is 62.6 Å². The second-order valence-corrected chi connectivity index (χ2v) is 7.01. The van der Waals surface area contributed by atoms with Gasteiger partial charge in [0.15, 0.2) is 5.43 Å². The number of fused-ring (bicyclic) bond motifs is 1. The van der Waals surface area contributed by atoms with E-state index in [0.717, 1.165) is 35.6 Å². The molecule has 0 fully saturated rings. The van der Waals surface area contributed by atoms with Gasteiger partial charge >= 0.3 is 0 Å². The van der Waals surface area contributed by atoms with Crippen LogP contribution >= 0.6 is 0 Å². The monoisotopic (exact) mass is 390 g/mol. The Labute approximate surface area is 170 Å². The van der Waals surface area contributed by atoms with Crippen molar-refractivity contribution in [1.29, 1.82) is 0 Å². The summed E-state index contributed by atoms with van der Waals surface area (Å²) in [6.07, 6.45) is 4.22. The van der Waals surface area contributed by atoms with Gasteiger partial charge in [0.25, 0.3) is 0 Å². The summed E-state index contributed by atoms with van der Waals surface area (Å²) in [4.78, 5) is 27.2. The van der Waals surface area contributed by atoms with E-state index < -0.39 is 0 Å². The van der Waals surface area contributed by atoms with Gasteiger partial charge in [-0.2, -0.15) is 0 Å². The molecule has 1 aromatic heterocycles. The van der Waals surface area contributed by atoms with Crippen molar-refractivity contribution in [3.05, 3.63) is 75.7 Å². The summed E-state index contributed by atoms with van der Waals surface area (Å²) < 4.78 is 5.52. The molecular weight excluding hydrogens is 364 g/mol. The van der Waals surface area contributed by atoms with Crippen molar-refractivity contribution in [2.24, 2.45) is 0 Å². The lowest BCUT2D eigenvalue weighted by Gasteiger charge is -2.22. The van der Waals surface area contributed by atoms with Crippen LogP contribution in [0.5, 0.6) is 0 Å². The van der Waals surface area contributed by atoms with Crippen molar-refractivity contribution in [3.63, 3.8) is 0 Å². The zero-order chi connectivity index (χ0) is 21.0. The first-order chi connectivity index (χ1) is 13.9. The fourth-order valence-electron chi connectivity index (χ4n) is 3.29. The number of carbonyl (C=O) groups excluding carboxylic acids is 1. The van der Waals surface area contributed by atoms with Gasteiger partial charge in [-0.05, 0) is 69.7 Å². The van der Waals surface area contributed by atoms with Crippen LogP contribution in [0.25, 0.3) is 17.0 Å². The number of carbonyl (C=O) groups is 1. The molecule has 0 atom stereocenters. The molecule has 0 bridgehead atoms. The van der Waals surface area contributed by atoms with Gasteiger partial charge in [0.1, 0.15) is 11.8 Å². The molecule has 0 aliphatic heterocycles. The average Bonchev–Trinajstić information content (AvgIpc) is 2.71. The Hall–Kier alpha value is -3.34. The van der Waals surface area contributed by atoms with Crippen LogP contribution in [0.2, 0.25) is 0 Å². The second kappa shape index (κ2) is 8.78. The predicted octanol–water partition coefficient (Wildman–Crippen LogP) is 4.91. The van der Waals surface area contributed by atoms with Gasteiger partial charge in [0.2, 0.25) is 5.91 Å². The Bertz CT molecular complexity index is 1120. The Kier molecular flexibility index (Phi) is 6.17. The summed E-state index contributed by atoms with van der Waals surface area (Å²) in [7, 11) is 0. The van der Waals surface area contributed by atoms with Gasteiger partial charge in [0, 0.05) is 30.5 Å². The highest BCUT2D eigenvalue weighted by Crippen LogP contribution is 2.22. The standard InChI is InChI=1S/C24H26N2O3/c1-5-26(6-2)19-9-10-21(17(4)14-19)25-23(27)12-8-18-15-29-22-11-7-16(3)13-20(22)24(18)28/h7-15H,5-6H2,1-4H3,(H,25,27)/b12-8+. The molecule has 0 unspecified atom stereocenters. The van der Waals surface area contributed by atoms with Crippen LogP contribution in [0.3, 0.4) is 0 Å². The minimum atomic E-state index is -0.299. The molecule has 0 saturated carbocycles. The Morgan fingerprint density at radius 2 is 1.86 bits per heavy atom. The lowest BCUT2D eigenvalue weighted by atomic mass is 10.1. The average molecular weight is 390 g/mol. The van der Waals surface area contributed by atoms with E-state index in [1.54, 1.807) is 12.1 Å². The van der Waals surface area contributed by atoms with Gasteiger partial charge in [-0.3, -0.25) is 9.59 Å². The number of anilines is 2. The van der Waals surface area contributed by atoms with Crippen LogP contribution in [-0.2, 0) is 4.79 Å². The van der Waals surface area contributed by atoms with E-state index in [-0.39, 0.29) is 11.3 Å². The zero-order valence-corrected chi connectivity index (χ0v) is 17.3. The number of nitrogens with zero attached hydrogens (tertiary/aromatic N) is 1. The van der Waals surface area contributed by atoms with E-state index >= 15 is 0 Å². The van der Waals surface area contributed by atoms with E-state index in [9.17, 15) is 9.59 Å². The molecule has 3 rings (SSSR count). The van der Waals surface area contributed by atoms with E-state index in [4.69, 9.17) is 4.42 Å². The summed E-state index contributed by atoms with van der Waals surface area (Å²) in [5.74, 6) is -0.299. The predicted molar refractivity (Wildman–Crippen MR) is 120 cm³/mol. The number of aryl methyl sites for hydroxylation is 2. The molecule has 1 heterocycles. The first-order valence-electron chi connectivity index (χ1n) is 9.79. The Morgan fingerprint density at radius 1 is 1.10 bits per heavy atom. The van der Waals surface area contributed by atoms with Crippen LogP contribution in [0, 0.1) is 13.8 Å². The van der Waals surface area contributed by atoms with Crippen molar-refractivity contribution >= 4 is 34.3 Å². The third-order valence-electron chi connectivity index (χ3n) is 4.97. The number of amides is 1. The minimum Gasteiger partial charge on any atom is -0.463 e. The first kappa shape index (κ1) is 20.4. The van der Waals surface area contributed by atoms with Gasteiger partial charge in [-0.1, -0.05) is 11.6 Å². The van der Waals surface area contributed by atoms with E-state index in [0.29, 0.717) is 16.5 Å². The lowest BCUT2D eigenvalue weighted by molar-refractivity contribution is -0.111. The fourth-order valence-corrected chi connectivity index (χ4v) is 3.29. The van der Waals surface area contributed by atoms with Gasteiger partial charge in [-0.15, -0.1) is 0 Å². The third kappa shape index (κ3) is 4.57. The van der Waals surface area contributed by atoms with Crippen LogP contribution in [-0.4, -0.2) is 19.0 Å². The maximum atomic E-state index is 12.6. The van der Waals surface area contributed by atoms with E-state index in [1.807, 2.05) is 32.0 Å². The highest BCUT2D eigenvalue weighted by atomic mass is 16.3. The van der Waals surface area contributed by atoms with E-state index in [1.165, 1.54) is 18.4 Å². The SMILES string of the molecule is CCN(CC)c1ccc(NC(=O)/C=C/c2coc3ccc(C)cc3c2=O)c(C)c1. The van der Waals surface area contributed by atoms with Crippen LogP contribution in [0.4, 0.5) is 11.4 Å². The quantitative estimate of drug-likeness (QED) is 0.608. The minimum absolute atomic E-state index is 0.154. The summed E-state index contributed by atoms with van der Waals surface area (Å²) in [6.45, 7) is 9.97. The van der Waals surface area contributed by atoms with Gasteiger partial charge in [-0.25, -0.2) is 0 Å². The van der Waals surface area contributed by atoms with Crippen molar-refractivity contribution < 1.29 is 9.21 Å². The molecule has 0 spiro atoms. The van der Waals surface area contributed by atoms with Crippen molar-refractivity contribution in [3.8, 4) is 0 Å². The number of rotatable bonds is 6. The summed E-state index contributed by atoms with van der Waals surface area (Å²) in [5, 5.41) is 3.38. The molecule has 3 aromatic rings. The maximum absolute atomic E-state index is 12.6. The lowest BCUT2D eigenvalue weighted by Crippen LogP contribution is -2.22. The molecule has 5 nitrogen and oxygen atoms in total. The fraction of sp³-hybridized carbons (Fsp3) is 0.250. The smallest absolute Gasteiger partial charge is 0.248 e. The van der Waals surface area contributed by atoms with Crippen LogP contribution in [0.15, 0.2) is 57.9 Å². The molecule has 150 valence electrons. The van der Waals surface area contributed by atoms with E-state index in [2.05, 4.69) is 30.1 Å². The number of hydrogen-bond donors (Lipinski definition) is 1. The van der Waals surface area contributed by atoms with Crippen LogP contribution < -0.4 is 15.6 Å². The Morgan fingerprint density at radius 3 is 2.55 bits per heavy atom. The summed E-state index contributed by atoms with van der Waals surface area (Å²) in [6, 6.07) is 11.4. The Balaban J connectivity index is 1.77. The molecule has 1 amide bonds. The van der Waals surface area contributed by atoms with Crippen molar-refractivity contribution in [2.45, 2.75) is 27.7 Å². The van der Waals surface area contributed by atoms with Crippen molar-refractivity contribution in [2.75, 3.05) is 23.3 Å².